The number of methoxy groups -OCH3 is 1. The third kappa shape index (κ3) is 5.14. The Morgan fingerprint density at radius 2 is 1.87 bits per heavy atom. The average molecular weight is 447 g/mol. The predicted molar refractivity (Wildman–Crippen MR) is 114 cm³/mol. The van der Waals surface area contributed by atoms with Crippen molar-refractivity contribution in [3.8, 4) is 0 Å². The van der Waals surface area contributed by atoms with Gasteiger partial charge < -0.3 is 14.0 Å². The molecule has 0 atom stereocenters. The lowest BCUT2D eigenvalue weighted by Gasteiger charge is -2.05. The van der Waals surface area contributed by atoms with Crippen molar-refractivity contribution in [2.24, 2.45) is 4.99 Å². The zero-order valence-electron chi connectivity index (χ0n) is 16.4. The highest BCUT2D eigenvalue weighted by atomic mass is 35.5. The predicted octanol–water partition coefficient (Wildman–Crippen LogP) is 3.38. The SMILES string of the molecule is CCOC(=O)c1ccc2c(c1)sc(=NC(=O)Cc1ccc(Cl)cc1)n2CC(=O)OC. The Balaban J connectivity index is 2.01. The molecule has 7 nitrogen and oxygen atoms in total. The first-order valence-corrected chi connectivity index (χ1v) is 10.3. The molecule has 0 N–H and O–H groups in total. The van der Waals surface area contributed by atoms with E-state index in [-0.39, 0.29) is 25.5 Å². The van der Waals surface area contributed by atoms with Gasteiger partial charge >= 0.3 is 11.9 Å². The first-order valence-electron chi connectivity index (χ1n) is 9.10. The third-order valence-corrected chi connectivity index (χ3v) is 5.49. The molecule has 9 heteroatoms. The van der Waals surface area contributed by atoms with E-state index in [4.69, 9.17) is 21.1 Å². The zero-order chi connectivity index (χ0) is 21.7. The van der Waals surface area contributed by atoms with Gasteiger partial charge in [-0.1, -0.05) is 35.1 Å². The topological polar surface area (TPSA) is 87.0 Å². The number of amides is 1. The van der Waals surface area contributed by atoms with Gasteiger partial charge in [0.25, 0.3) is 5.91 Å². The largest absolute Gasteiger partial charge is 0.468 e. The lowest BCUT2D eigenvalue weighted by atomic mass is 10.1. The number of esters is 2. The van der Waals surface area contributed by atoms with E-state index >= 15 is 0 Å². The molecule has 0 spiro atoms. The molecule has 3 rings (SSSR count). The van der Waals surface area contributed by atoms with Gasteiger partial charge in [0, 0.05) is 5.02 Å². The zero-order valence-corrected chi connectivity index (χ0v) is 18.0. The summed E-state index contributed by atoms with van der Waals surface area (Å²) in [7, 11) is 1.29. The van der Waals surface area contributed by atoms with Gasteiger partial charge in [0.05, 0.1) is 35.9 Å². The van der Waals surface area contributed by atoms with Crippen LogP contribution in [-0.2, 0) is 32.0 Å². The minimum absolute atomic E-state index is 0.0950. The van der Waals surface area contributed by atoms with E-state index in [1.165, 1.54) is 18.4 Å². The molecule has 30 heavy (non-hydrogen) atoms. The van der Waals surface area contributed by atoms with E-state index in [0.29, 0.717) is 25.6 Å². The van der Waals surface area contributed by atoms with Crippen LogP contribution in [0.4, 0.5) is 0 Å². The number of hydrogen-bond acceptors (Lipinski definition) is 6. The van der Waals surface area contributed by atoms with Gasteiger partial charge in [0.15, 0.2) is 4.80 Å². The second-order valence-corrected chi connectivity index (χ2v) is 7.70. The maximum absolute atomic E-state index is 12.5. The summed E-state index contributed by atoms with van der Waals surface area (Å²) in [6.45, 7) is 1.89. The Kier molecular flexibility index (Phi) is 7.02. The summed E-state index contributed by atoms with van der Waals surface area (Å²) in [4.78, 5) is 41.0. The summed E-state index contributed by atoms with van der Waals surface area (Å²) < 4.78 is 12.1. The van der Waals surface area contributed by atoms with Crippen LogP contribution in [0.1, 0.15) is 22.8 Å². The van der Waals surface area contributed by atoms with Crippen LogP contribution in [0.5, 0.6) is 0 Å². The number of fused-ring (bicyclic) bond motifs is 1. The van der Waals surface area contributed by atoms with E-state index in [2.05, 4.69) is 4.99 Å². The number of aromatic nitrogens is 1. The van der Waals surface area contributed by atoms with Crippen LogP contribution in [0.2, 0.25) is 5.02 Å². The van der Waals surface area contributed by atoms with Crippen molar-refractivity contribution in [3.05, 3.63) is 63.4 Å². The van der Waals surface area contributed by atoms with Gasteiger partial charge in [-0.05, 0) is 42.8 Å². The van der Waals surface area contributed by atoms with Crippen LogP contribution in [-0.4, -0.2) is 36.1 Å². The Morgan fingerprint density at radius 3 is 2.53 bits per heavy atom. The van der Waals surface area contributed by atoms with Crippen LogP contribution in [0.3, 0.4) is 0 Å². The molecular weight excluding hydrogens is 428 g/mol. The molecule has 1 heterocycles. The summed E-state index contributed by atoms with van der Waals surface area (Å²) >= 11 is 7.08. The van der Waals surface area contributed by atoms with Crippen LogP contribution in [0.15, 0.2) is 47.5 Å². The molecule has 2 aromatic carbocycles. The molecule has 0 bridgehead atoms. The molecule has 1 aromatic heterocycles. The second kappa shape index (κ2) is 9.69. The summed E-state index contributed by atoms with van der Waals surface area (Å²) in [6.07, 6.45) is 0.0950. The fourth-order valence-corrected chi connectivity index (χ4v) is 3.98. The minimum Gasteiger partial charge on any atom is -0.468 e. The Morgan fingerprint density at radius 1 is 1.13 bits per heavy atom. The van der Waals surface area contributed by atoms with Crippen LogP contribution in [0.25, 0.3) is 10.2 Å². The van der Waals surface area contributed by atoms with Gasteiger partial charge in [0.1, 0.15) is 6.54 Å². The molecule has 0 saturated carbocycles. The molecule has 0 unspecified atom stereocenters. The molecule has 0 aliphatic carbocycles. The molecule has 1 amide bonds. The maximum Gasteiger partial charge on any atom is 0.338 e. The van der Waals surface area contributed by atoms with E-state index in [0.717, 1.165) is 5.56 Å². The third-order valence-electron chi connectivity index (χ3n) is 4.20. The highest BCUT2D eigenvalue weighted by molar-refractivity contribution is 7.16. The van der Waals surface area contributed by atoms with Crippen LogP contribution >= 0.6 is 22.9 Å². The Bertz CT molecular complexity index is 1160. The standard InChI is InChI=1S/C21H19ClN2O5S/c1-3-29-20(27)14-6-9-16-17(11-14)30-21(24(16)12-19(26)28-2)23-18(25)10-13-4-7-15(22)8-5-13/h4-9,11H,3,10,12H2,1-2H3. The van der Waals surface area contributed by atoms with E-state index in [9.17, 15) is 14.4 Å². The van der Waals surface area contributed by atoms with Gasteiger partial charge in [0.2, 0.25) is 0 Å². The highest BCUT2D eigenvalue weighted by Gasteiger charge is 2.15. The number of rotatable bonds is 6. The smallest absolute Gasteiger partial charge is 0.338 e. The van der Waals surface area contributed by atoms with Crippen molar-refractivity contribution in [1.82, 2.24) is 4.57 Å². The molecule has 0 radical (unpaired) electrons. The molecule has 0 saturated heterocycles. The molecular formula is C21H19ClN2O5S. The normalized spacial score (nSPS) is 11.5. The Labute approximate surface area is 181 Å². The number of ether oxygens (including phenoxy) is 2. The van der Waals surface area contributed by atoms with Crippen LogP contribution < -0.4 is 4.80 Å². The molecule has 0 fully saturated rings. The van der Waals surface area contributed by atoms with Crippen molar-refractivity contribution < 1.29 is 23.9 Å². The van der Waals surface area contributed by atoms with Gasteiger partial charge in [-0.2, -0.15) is 4.99 Å². The summed E-state index contributed by atoms with van der Waals surface area (Å²) in [5.41, 5.74) is 1.82. The Hall–Kier alpha value is -2.97. The number of hydrogen-bond donors (Lipinski definition) is 0. The van der Waals surface area contributed by atoms with Crippen molar-refractivity contribution in [2.45, 2.75) is 19.9 Å². The number of carbonyl (C=O) groups is 3. The van der Waals surface area contributed by atoms with Crippen molar-refractivity contribution >= 4 is 51.0 Å². The number of thiazole rings is 1. The van der Waals surface area contributed by atoms with E-state index in [1.54, 1.807) is 54.0 Å². The first kappa shape index (κ1) is 21.7. The van der Waals surface area contributed by atoms with Crippen LogP contribution in [0, 0.1) is 0 Å². The van der Waals surface area contributed by atoms with Gasteiger partial charge in [-0.25, -0.2) is 4.79 Å². The number of benzene rings is 2. The fourth-order valence-electron chi connectivity index (χ4n) is 2.77. The van der Waals surface area contributed by atoms with Gasteiger partial charge in [-0.15, -0.1) is 0 Å². The highest BCUT2D eigenvalue weighted by Crippen LogP contribution is 2.20. The molecule has 3 aromatic rings. The summed E-state index contributed by atoms with van der Waals surface area (Å²) in [6, 6.07) is 11.9. The maximum atomic E-state index is 12.5. The minimum atomic E-state index is -0.476. The molecule has 156 valence electrons. The summed E-state index contributed by atoms with van der Waals surface area (Å²) in [5.74, 6) is -1.28. The quantitative estimate of drug-likeness (QED) is 0.542. The second-order valence-electron chi connectivity index (χ2n) is 6.26. The number of halogens is 1. The lowest BCUT2D eigenvalue weighted by Crippen LogP contribution is -2.22. The molecule has 0 aliphatic rings. The van der Waals surface area contributed by atoms with Crippen molar-refractivity contribution in [1.29, 1.82) is 0 Å². The lowest BCUT2D eigenvalue weighted by molar-refractivity contribution is -0.141. The van der Waals surface area contributed by atoms with Gasteiger partial charge in [-0.3, -0.25) is 9.59 Å². The molecule has 0 aliphatic heterocycles. The van der Waals surface area contributed by atoms with E-state index < -0.39 is 11.9 Å². The number of carbonyl (C=O) groups excluding carboxylic acids is 3. The van der Waals surface area contributed by atoms with Crippen molar-refractivity contribution in [2.75, 3.05) is 13.7 Å². The fraction of sp³-hybridized carbons (Fsp3) is 0.238. The average Bonchev–Trinajstić information content (AvgIpc) is 3.05. The van der Waals surface area contributed by atoms with E-state index in [1.807, 2.05) is 0 Å². The van der Waals surface area contributed by atoms with Crippen molar-refractivity contribution in [3.63, 3.8) is 0 Å². The summed E-state index contributed by atoms with van der Waals surface area (Å²) in [5, 5.41) is 0.584. The first-order chi connectivity index (χ1) is 14.4. The monoisotopic (exact) mass is 446 g/mol. The number of nitrogens with zero attached hydrogens (tertiary/aromatic N) is 2.